The molecule has 0 atom stereocenters. The van der Waals surface area contributed by atoms with Crippen molar-refractivity contribution in [2.24, 2.45) is 0 Å². The third-order valence-corrected chi connectivity index (χ3v) is 10.4. The van der Waals surface area contributed by atoms with Crippen LogP contribution in [0.2, 0.25) is 0 Å². The molecule has 0 bridgehead atoms. The Morgan fingerprint density at radius 3 is 2.05 bits per heavy atom. The fourth-order valence-electron chi connectivity index (χ4n) is 7.64. The molecule has 7 aromatic carbocycles. The predicted octanol–water partition coefficient (Wildman–Crippen LogP) is 14.6. The van der Waals surface area contributed by atoms with Gasteiger partial charge in [-0.1, -0.05) is 152 Å². The Labute approximate surface area is 396 Å². The van der Waals surface area contributed by atoms with Crippen LogP contribution in [-0.4, -0.2) is 14.5 Å². The quantitative estimate of drug-likeness (QED) is 0.142. The number of para-hydroxylation sites is 1. The number of aryl methyl sites for hydroxylation is 3. The summed E-state index contributed by atoms with van der Waals surface area (Å²) in [5, 5.41) is 0. The van der Waals surface area contributed by atoms with E-state index in [0.717, 1.165) is 27.8 Å². The van der Waals surface area contributed by atoms with Crippen LogP contribution in [0.25, 0.3) is 83.9 Å². The normalized spacial score (nSPS) is 16.0. The number of rotatable bonds is 8. The molecule has 0 fully saturated rings. The first-order valence-electron chi connectivity index (χ1n) is 27.1. The summed E-state index contributed by atoms with van der Waals surface area (Å²) >= 11 is 0. The Morgan fingerprint density at radius 1 is 0.656 bits per heavy atom. The topological polar surface area (TPSA) is 39.9 Å². The summed E-state index contributed by atoms with van der Waals surface area (Å²) in [6.07, 6.45) is 1.38. The number of aromatic nitrogens is 3. The molecule has 0 spiro atoms. The molecule has 0 aliphatic heterocycles. The molecule has 61 heavy (non-hydrogen) atoms. The van der Waals surface area contributed by atoms with Crippen LogP contribution in [0.4, 0.5) is 0 Å². The van der Waals surface area contributed by atoms with Gasteiger partial charge in [0.2, 0.25) is 0 Å². The first-order valence-corrected chi connectivity index (χ1v) is 19.1. The molecule has 2 aromatic heterocycles. The molecule has 0 N–H and O–H groups in total. The van der Waals surface area contributed by atoms with Crippen molar-refractivity contribution < 1.29 is 47.7 Å². The molecule has 0 aliphatic carbocycles. The number of hydrogen-bond donors (Lipinski definition) is 0. The third kappa shape index (κ3) is 8.26. The van der Waals surface area contributed by atoms with E-state index >= 15 is 0 Å². The number of pyridine rings is 1. The second-order valence-electron chi connectivity index (χ2n) is 14.7. The number of fused-ring (bicyclic) bond motifs is 1. The van der Waals surface area contributed by atoms with Crippen molar-refractivity contribution in [2.75, 3.05) is 0 Å². The Hall–Kier alpha value is -6.35. The first kappa shape index (κ1) is 26.1. The monoisotopic (exact) mass is 988 g/mol. The molecule has 4 nitrogen and oxygen atoms in total. The van der Waals surface area contributed by atoms with E-state index in [-0.39, 0.29) is 43.4 Å². The Bertz CT molecular complexity index is 3650. The van der Waals surface area contributed by atoms with Crippen molar-refractivity contribution in [3.05, 3.63) is 199 Å². The standard InChI is InChI=1S/C56H47N3O.Pt/c1-36-27-38(3)54(60-7)50(30-36)55-58-53-49(19-14-20-52(53)59(55)48-29-37(2)28-43(34-48)39-15-10-8-11-16-39)45-31-44(40-17-12-9-13-18-40)32-46(33-45)51-35-42(25-26-57-51)41-21-23-47(24-22-41)56(4,5)6;/h8-32,34-35H,7H2,1-6H3;/q-2;+2/i2D3,4D3,5D3,6D3,21D,22D,23D,24D;. The van der Waals surface area contributed by atoms with Gasteiger partial charge in [-0.25, -0.2) is 4.98 Å². The summed E-state index contributed by atoms with van der Waals surface area (Å²) in [7, 11) is 3.79. The largest absolute Gasteiger partial charge is 2.00 e. The van der Waals surface area contributed by atoms with Gasteiger partial charge in [-0.2, -0.15) is 7.11 Å². The van der Waals surface area contributed by atoms with Crippen LogP contribution < -0.4 is 4.74 Å². The zero-order chi connectivity index (χ0) is 55.0. The summed E-state index contributed by atoms with van der Waals surface area (Å²) in [4.78, 5) is 10.0. The van der Waals surface area contributed by atoms with E-state index in [0.29, 0.717) is 56.1 Å². The number of hydrogen-bond acceptors (Lipinski definition) is 3. The van der Waals surface area contributed by atoms with Crippen molar-refractivity contribution in [3.8, 4) is 78.6 Å². The zero-order valence-corrected chi connectivity index (χ0v) is 35.3. The van der Waals surface area contributed by atoms with Crippen LogP contribution in [0.15, 0.2) is 164 Å². The van der Waals surface area contributed by atoms with E-state index in [1.54, 1.807) is 12.1 Å². The van der Waals surface area contributed by atoms with E-state index < -0.39 is 62.6 Å². The van der Waals surface area contributed by atoms with Gasteiger partial charge in [-0.3, -0.25) is 9.55 Å². The minimum absolute atomic E-state index is 0. The van der Waals surface area contributed by atoms with Gasteiger partial charge in [0.1, 0.15) is 5.82 Å². The van der Waals surface area contributed by atoms with Crippen molar-refractivity contribution in [2.45, 2.75) is 46.7 Å². The van der Waals surface area contributed by atoms with Crippen molar-refractivity contribution in [1.82, 2.24) is 14.5 Å². The Kier molecular flexibility index (Phi) is 7.25. The fraction of sp³-hybridized carbons (Fsp3) is 0.125. The number of ether oxygens (including phenoxy) is 1. The second-order valence-corrected chi connectivity index (χ2v) is 14.7. The maximum absolute atomic E-state index is 9.12. The molecule has 0 radical (unpaired) electrons. The molecule has 0 amide bonds. The number of benzene rings is 7. The summed E-state index contributed by atoms with van der Waals surface area (Å²) in [5.41, 5.74) is 3.56. The molecule has 2 heterocycles. The first-order chi connectivity index (χ1) is 35.7. The van der Waals surface area contributed by atoms with E-state index in [1.807, 2.05) is 128 Å². The number of nitrogens with zero attached hydrogens (tertiary/aromatic N) is 3. The van der Waals surface area contributed by atoms with E-state index in [9.17, 15) is 0 Å². The molecule has 5 heteroatoms. The minimum atomic E-state index is -3.83. The zero-order valence-electron chi connectivity index (χ0n) is 49.1. The van der Waals surface area contributed by atoms with Crippen LogP contribution in [0.3, 0.4) is 0 Å². The SMILES string of the molecule is [2H]c1c([2H])c(C(C([2H])([2H])[2H])(C([2H])([2H])[2H])C([2H])([2H])[2H])c([2H])c([2H])c1-c1ccnc(-c2[c-]c(-c3cccc4c3nc(-c3cc(C)cc(C)c3O[CH2-])n4-c3cc(-c4ccccc4)cc(C([2H])([2H])[2H])c3)cc(-c3ccccc3)c2)c1.[Pt+2]. The molecular weight excluding hydrogens is 926 g/mol. The van der Waals surface area contributed by atoms with E-state index in [1.165, 1.54) is 18.3 Å². The Morgan fingerprint density at radius 2 is 1.36 bits per heavy atom. The molecule has 302 valence electrons. The summed E-state index contributed by atoms with van der Waals surface area (Å²) in [5.74, 6) is 0.899. The summed E-state index contributed by atoms with van der Waals surface area (Å²) < 4.78 is 144. The van der Waals surface area contributed by atoms with E-state index in [4.69, 9.17) is 31.7 Å². The average Bonchev–Trinajstić information content (AvgIpc) is 3.76. The van der Waals surface area contributed by atoms with Crippen LogP contribution in [-0.2, 0) is 26.5 Å². The van der Waals surface area contributed by atoms with Crippen LogP contribution in [0.5, 0.6) is 5.75 Å². The molecule has 9 aromatic rings. The fourth-order valence-corrected chi connectivity index (χ4v) is 7.64. The van der Waals surface area contributed by atoms with Crippen LogP contribution in [0, 0.1) is 33.9 Å². The van der Waals surface area contributed by atoms with Gasteiger partial charge in [0.15, 0.2) is 0 Å². The van der Waals surface area contributed by atoms with Gasteiger partial charge in [0, 0.05) is 34.0 Å². The van der Waals surface area contributed by atoms with Crippen molar-refractivity contribution >= 4 is 11.0 Å². The molecule has 0 saturated carbocycles. The summed E-state index contributed by atoms with van der Waals surface area (Å²) in [6.45, 7) is -10.1. The molecule has 9 rings (SSSR count). The molecule has 0 aliphatic rings. The smallest absolute Gasteiger partial charge is 0.665 e. The van der Waals surface area contributed by atoms with Gasteiger partial charge in [0.25, 0.3) is 0 Å². The van der Waals surface area contributed by atoms with Gasteiger partial charge in [-0.15, -0.1) is 23.8 Å². The maximum atomic E-state index is 9.12. The second kappa shape index (κ2) is 17.0. The molecule has 0 saturated heterocycles. The maximum Gasteiger partial charge on any atom is 2.00 e. The Balaban J connectivity index is 0.00000784. The van der Waals surface area contributed by atoms with Gasteiger partial charge < -0.3 is 4.74 Å². The van der Waals surface area contributed by atoms with Crippen LogP contribution >= 0.6 is 0 Å². The minimum Gasteiger partial charge on any atom is -0.665 e. The average molecular weight is 989 g/mol. The molecule has 0 unspecified atom stereocenters. The van der Waals surface area contributed by atoms with Gasteiger partial charge in [-0.05, 0) is 107 Å². The van der Waals surface area contributed by atoms with Gasteiger partial charge >= 0.3 is 21.1 Å². The van der Waals surface area contributed by atoms with E-state index in [2.05, 4.69) is 18.2 Å². The summed E-state index contributed by atoms with van der Waals surface area (Å²) in [6, 6.07) is 40.0. The molecular formula is C56H47N3OPt. The number of imidazole rings is 1. The predicted molar refractivity (Wildman–Crippen MR) is 249 cm³/mol. The van der Waals surface area contributed by atoms with Crippen molar-refractivity contribution in [3.63, 3.8) is 0 Å². The third-order valence-electron chi connectivity index (χ3n) is 10.4. The van der Waals surface area contributed by atoms with Gasteiger partial charge in [0.05, 0.1) is 27.8 Å². The van der Waals surface area contributed by atoms with Crippen LogP contribution in [0.1, 0.15) is 64.7 Å². The van der Waals surface area contributed by atoms with Crippen molar-refractivity contribution in [1.29, 1.82) is 0 Å².